The van der Waals surface area contributed by atoms with Gasteiger partial charge in [-0.2, -0.15) is 0 Å². The minimum atomic E-state index is -0.523. The van der Waals surface area contributed by atoms with Gasteiger partial charge >= 0.3 is 13.1 Å². The van der Waals surface area contributed by atoms with Crippen LogP contribution in [0.5, 0.6) is 0 Å². The largest absolute Gasteiger partial charge is 0.581 e. The number of aryl methyl sites for hydroxylation is 1. The van der Waals surface area contributed by atoms with Crippen LogP contribution in [0.3, 0.4) is 0 Å². The minimum absolute atomic E-state index is 0.329. The first-order valence-electron chi connectivity index (χ1n) is 9.58. The molecule has 2 fully saturated rings. The first-order valence-corrected chi connectivity index (χ1v) is 9.58. The van der Waals surface area contributed by atoms with Crippen molar-refractivity contribution in [3.8, 4) is 0 Å². The van der Waals surface area contributed by atoms with Crippen LogP contribution >= 0.6 is 0 Å². The number of fused-ring (bicyclic) bond motifs is 1. The van der Waals surface area contributed by atoms with E-state index in [1.807, 2.05) is 39.1 Å². The van der Waals surface area contributed by atoms with E-state index in [4.69, 9.17) is 14.0 Å². The van der Waals surface area contributed by atoms with Gasteiger partial charge in [0.2, 0.25) is 0 Å². The Hall–Kier alpha value is -2.21. The van der Waals surface area contributed by atoms with Crippen LogP contribution in [0.1, 0.15) is 61.4 Å². The van der Waals surface area contributed by atoms with E-state index < -0.39 is 12.7 Å². The monoisotopic (exact) mass is 367 g/mol. The zero-order chi connectivity index (χ0) is 19.3. The van der Waals surface area contributed by atoms with E-state index in [1.54, 1.807) is 0 Å². The molecular formula is C21H26BNO4. The smallest absolute Gasteiger partial charge is 0.533 e. The number of benzene rings is 1. The fraction of sp³-hybridized carbons (Fsp3) is 0.476. The van der Waals surface area contributed by atoms with Crippen LogP contribution in [-0.4, -0.2) is 30.4 Å². The van der Waals surface area contributed by atoms with E-state index in [0.29, 0.717) is 17.2 Å². The summed E-state index contributed by atoms with van der Waals surface area (Å²) in [5.74, 6) is 0.798. The van der Waals surface area contributed by atoms with Crippen molar-refractivity contribution in [3.05, 3.63) is 41.7 Å². The molecule has 1 aliphatic carbocycles. The van der Waals surface area contributed by atoms with Crippen LogP contribution in [0.4, 0.5) is 0 Å². The molecule has 1 saturated heterocycles. The maximum atomic E-state index is 12.0. The van der Waals surface area contributed by atoms with Crippen LogP contribution < -0.4 is 5.59 Å². The van der Waals surface area contributed by atoms with Crippen molar-refractivity contribution in [2.75, 3.05) is 7.11 Å². The number of rotatable bonds is 3. The van der Waals surface area contributed by atoms with Crippen molar-refractivity contribution in [1.82, 2.24) is 4.57 Å². The predicted molar refractivity (Wildman–Crippen MR) is 106 cm³/mol. The van der Waals surface area contributed by atoms with Gasteiger partial charge in [0.25, 0.3) is 0 Å². The van der Waals surface area contributed by atoms with Gasteiger partial charge in [0.05, 0.1) is 24.0 Å². The summed E-state index contributed by atoms with van der Waals surface area (Å²) in [6.07, 6.45) is 4.82. The van der Waals surface area contributed by atoms with Crippen molar-refractivity contribution in [1.29, 1.82) is 0 Å². The van der Waals surface area contributed by atoms with Crippen molar-refractivity contribution >= 4 is 29.6 Å². The maximum Gasteiger partial charge on any atom is 0.581 e. The van der Waals surface area contributed by atoms with E-state index in [2.05, 4.69) is 11.1 Å². The molecule has 0 unspecified atom stereocenters. The molecule has 2 aromatic rings. The van der Waals surface area contributed by atoms with Gasteiger partial charge in [0, 0.05) is 18.0 Å². The van der Waals surface area contributed by atoms with Gasteiger partial charge < -0.3 is 18.6 Å². The standard InChI is InChI=1S/C21H26BNO4/c1-13-21(2,3)27-22(26-13)19-18(14-8-6-7-9-14)16-11-10-15(20(24)25-5)12-17(16)23(19)4/h10-12,14H,1,6-9H2,2-5H3. The molecule has 0 N–H and O–H groups in total. The molecule has 1 aromatic carbocycles. The second kappa shape index (κ2) is 6.45. The summed E-state index contributed by atoms with van der Waals surface area (Å²) in [5.41, 5.74) is 3.35. The molecule has 0 atom stereocenters. The number of carbonyl (C=O) groups excluding carboxylic acids is 1. The summed E-state index contributed by atoms with van der Waals surface area (Å²) in [7, 11) is 2.93. The molecular weight excluding hydrogens is 341 g/mol. The molecule has 4 rings (SSSR count). The topological polar surface area (TPSA) is 49.7 Å². The lowest BCUT2D eigenvalue weighted by atomic mass is 9.77. The molecule has 1 aromatic heterocycles. The number of aromatic nitrogens is 1. The quantitative estimate of drug-likeness (QED) is 0.614. The Kier molecular flexibility index (Phi) is 4.34. The summed E-state index contributed by atoms with van der Waals surface area (Å²) in [5, 5.41) is 1.16. The lowest BCUT2D eigenvalue weighted by molar-refractivity contribution is 0.0601. The second-order valence-electron chi connectivity index (χ2n) is 8.06. The van der Waals surface area contributed by atoms with Crippen LogP contribution in [0.2, 0.25) is 0 Å². The average Bonchev–Trinajstić information content (AvgIpc) is 3.32. The second-order valence-corrected chi connectivity index (χ2v) is 8.06. The van der Waals surface area contributed by atoms with E-state index >= 15 is 0 Å². The fourth-order valence-corrected chi connectivity index (χ4v) is 4.40. The van der Waals surface area contributed by atoms with Crippen LogP contribution in [-0.2, 0) is 21.1 Å². The SMILES string of the molecule is C=C1OB(c2c(C3CCCC3)c3ccc(C(=O)OC)cc3n2C)OC1(C)C. The van der Waals surface area contributed by atoms with E-state index in [9.17, 15) is 4.79 Å². The van der Waals surface area contributed by atoms with E-state index in [-0.39, 0.29) is 5.97 Å². The lowest BCUT2D eigenvalue weighted by Crippen LogP contribution is -2.41. The molecule has 0 radical (unpaired) electrons. The molecule has 0 amide bonds. The van der Waals surface area contributed by atoms with Crippen molar-refractivity contribution in [3.63, 3.8) is 0 Å². The normalized spacial score (nSPS) is 19.7. The van der Waals surface area contributed by atoms with Gasteiger partial charge in [-0.05, 0) is 50.3 Å². The number of hydrogen-bond acceptors (Lipinski definition) is 4. The summed E-state index contributed by atoms with van der Waals surface area (Å²) < 4.78 is 19.3. The van der Waals surface area contributed by atoms with Crippen LogP contribution in [0.15, 0.2) is 30.5 Å². The highest BCUT2D eigenvalue weighted by molar-refractivity contribution is 6.63. The van der Waals surface area contributed by atoms with Crippen molar-refractivity contribution < 1.29 is 18.8 Å². The summed E-state index contributed by atoms with van der Waals surface area (Å²) in [6, 6.07) is 5.78. The fourth-order valence-electron chi connectivity index (χ4n) is 4.40. The number of esters is 1. The maximum absolute atomic E-state index is 12.0. The van der Waals surface area contributed by atoms with Gasteiger partial charge in [-0.25, -0.2) is 4.79 Å². The Morgan fingerprint density at radius 1 is 1.33 bits per heavy atom. The molecule has 2 aliphatic rings. The molecule has 1 saturated carbocycles. The number of nitrogens with zero attached hydrogens (tertiary/aromatic N) is 1. The first kappa shape index (κ1) is 18.2. The molecule has 0 spiro atoms. The summed E-state index contributed by atoms with van der Waals surface area (Å²) >= 11 is 0. The average molecular weight is 367 g/mol. The van der Waals surface area contributed by atoms with Crippen molar-refractivity contribution in [2.45, 2.75) is 51.0 Å². The highest BCUT2D eigenvalue weighted by Crippen LogP contribution is 2.39. The molecule has 6 heteroatoms. The van der Waals surface area contributed by atoms with Gasteiger partial charge in [-0.1, -0.05) is 25.5 Å². The van der Waals surface area contributed by atoms with Gasteiger partial charge in [-0.15, -0.1) is 0 Å². The summed E-state index contributed by atoms with van der Waals surface area (Å²) in [6.45, 7) is 7.97. The van der Waals surface area contributed by atoms with E-state index in [1.165, 1.54) is 38.4 Å². The molecule has 0 bridgehead atoms. The van der Waals surface area contributed by atoms with Crippen LogP contribution in [0.25, 0.3) is 10.9 Å². The Morgan fingerprint density at radius 3 is 2.63 bits per heavy atom. The number of hydrogen-bond donors (Lipinski definition) is 0. The zero-order valence-electron chi connectivity index (χ0n) is 16.5. The molecule has 2 heterocycles. The third kappa shape index (κ3) is 2.87. The Morgan fingerprint density at radius 2 is 2.04 bits per heavy atom. The third-order valence-electron chi connectivity index (χ3n) is 6.02. The first-order chi connectivity index (χ1) is 12.8. The Bertz CT molecular complexity index is 924. The lowest BCUT2D eigenvalue weighted by Gasteiger charge is -2.17. The number of methoxy groups -OCH3 is 1. The number of ether oxygens (including phenoxy) is 1. The molecule has 142 valence electrons. The van der Waals surface area contributed by atoms with Gasteiger partial charge in [-0.3, -0.25) is 0 Å². The van der Waals surface area contributed by atoms with E-state index in [0.717, 1.165) is 16.5 Å². The molecule has 27 heavy (non-hydrogen) atoms. The number of carbonyl (C=O) groups is 1. The molecule has 1 aliphatic heterocycles. The molecule has 5 nitrogen and oxygen atoms in total. The third-order valence-corrected chi connectivity index (χ3v) is 6.02. The summed E-state index contributed by atoms with van der Waals surface area (Å²) in [4.78, 5) is 12.0. The Balaban J connectivity index is 1.90. The highest BCUT2D eigenvalue weighted by Gasteiger charge is 2.46. The predicted octanol–water partition coefficient (Wildman–Crippen LogP) is 3.66. The van der Waals surface area contributed by atoms with Crippen molar-refractivity contribution in [2.24, 2.45) is 7.05 Å². The van der Waals surface area contributed by atoms with Gasteiger partial charge in [0.15, 0.2) is 0 Å². The minimum Gasteiger partial charge on any atom is -0.533 e. The Labute approximate surface area is 160 Å². The zero-order valence-corrected chi connectivity index (χ0v) is 16.5. The van der Waals surface area contributed by atoms with Crippen LogP contribution in [0, 0.1) is 0 Å². The van der Waals surface area contributed by atoms with Gasteiger partial charge in [0.1, 0.15) is 5.60 Å². The highest BCUT2D eigenvalue weighted by atomic mass is 16.7.